The van der Waals surface area contributed by atoms with E-state index in [1.54, 1.807) is 7.05 Å². The zero-order chi connectivity index (χ0) is 20.8. The van der Waals surface area contributed by atoms with E-state index < -0.39 is 17.5 Å². The van der Waals surface area contributed by atoms with Crippen molar-refractivity contribution in [2.24, 2.45) is 5.73 Å². The number of nitrogens with zero attached hydrogens (tertiary/aromatic N) is 1. The zero-order valence-corrected chi connectivity index (χ0v) is 15.9. The number of benzene rings is 1. The van der Waals surface area contributed by atoms with Gasteiger partial charge in [0, 0.05) is 36.5 Å². The van der Waals surface area contributed by atoms with Gasteiger partial charge < -0.3 is 26.8 Å². The van der Waals surface area contributed by atoms with Crippen molar-refractivity contribution in [3.63, 3.8) is 0 Å². The number of nitrogens with one attached hydrogen (secondary N) is 2. The number of anilines is 1. The molecule has 0 spiro atoms. The molecule has 9 heteroatoms. The second-order valence-electron chi connectivity index (χ2n) is 5.89. The number of ether oxygens (including phenoxy) is 1. The normalized spacial score (nSPS) is 11.6. The Morgan fingerprint density at radius 3 is 2.57 bits per heavy atom. The topological polar surface area (TPSA) is 115 Å². The molecule has 28 heavy (non-hydrogen) atoms. The van der Waals surface area contributed by atoms with Gasteiger partial charge in [-0.1, -0.05) is 6.92 Å². The third kappa shape index (κ3) is 4.13. The Bertz CT molecular complexity index is 915. The van der Waals surface area contributed by atoms with Crippen LogP contribution in [0.5, 0.6) is 5.88 Å². The van der Waals surface area contributed by atoms with Gasteiger partial charge in [0.05, 0.1) is 18.5 Å². The lowest BCUT2D eigenvalue weighted by Crippen LogP contribution is -2.32. The molecule has 0 unspecified atom stereocenters. The van der Waals surface area contributed by atoms with Crippen molar-refractivity contribution >= 4 is 17.3 Å². The van der Waals surface area contributed by atoms with Gasteiger partial charge in [0.1, 0.15) is 11.5 Å². The molecule has 0 aliphatic carbocycles. The van der Waals surface area contributed by atoms with Gasteiger partial charge in [-0.25, -0.2) is 13.8 Å². The SMILES string of the molecule is CCCNC(=O)/C(N)=C(\NC)c1ccc(F)c(-c2cnc(OC)c(F)c2)c1N. The molecule has 0 atom stereocenters. The molecule has 0 saturated heterocycles. The summed E-state index contributed by atoms with van der Waals surface area (Å²) in [5.74, 6) is -2.12. The number of methoxy groups -OCH3 is 1. The number of rotatable bonds is 7. The molecule has 0 saturated carbocycles. The molecular weight excluding hydrogens is 368 g/mol. The van der Waals surface area contributed by atoms with Crippen molar-refractivity contribution in [1.29, 1.82) is 0 Å². The highest BCUT2D eigenvalue weighted by Crippen LogP contribution is 2.35. The molecule has 0 aliphatic rings. The summed E-state index contributed by atoms with van der Waals surface area (Å²) in [6.07, 6.45) is 1.99. The number of halogens is 2. The minimum absolute atomic E-state index is 0.0121. The first kappa shape index (κ1) is 20.9. The first-order valence-corrected chi connectivity index (χ1v) is 8.59. The number of hydrogen-bond acceptors (Lipinski definition) is 6. The summed E-state index contributed by atoms with van der Waals surface area (Å²) in [7, 11) is 2.84. The molecule has 6 N–H and O–H groups in total. The standard InChI is InChI=1S/C19H23F2N5O2/c1-4-7-25-18(27)16(23)17(24-2)11-5-6-12(20)14(15(11)22)10-8-13(21)19(28-3)26-9-10/h5-6,8-9,24H,4,7,22-23H2,1-3H3,(H,25,27)/b17-16+. The Balaban J connectivity index is 2.60. The second kappa shape index (κ2) is 9.03. The van der Waals surface area contributed by atoms with Crippen molar-refractivity contribution in [2.45, 2.75) is 13.3 Å². The largest absolute Gasteiger partial charge is 0.479 e. The molecule has 150 valence electrons. The number of nitrogen functional groups attached to an aromatic ring is 1. The smallest absolute Gasteiger partial charge is 0.269 e. The quantitative estimate of drug-likeness (QED) is 0.424. The van der Waals surface area contributed by atoms with Gasteiger partial charge in [0.2, 0.25) is 5.88 Å². The molecule has 1 aromatic carbocycles. The lowest BCUT2D eigenvalue weighted by molar-refractivity contribution is -0.117. The van der Waals surface area contributed by atoms with Gasteiger partial charge in [0.15, 0.2) is 5.82 Å². The highest BCUT2D eigenvalue weighted by molar-refractivity contribution is 6.02. The average Bonchev–Trinajstić information content (AvgIpc) is 2.68. The summed E-state index contributed by atoms with van der Waals surface area (Å²) in [4.78, 5) is 16.0. The predicted molar refractivity (Wildman–Crippen MR) is 104 cm³/mol. The Hall–Kier alpha value is -3.36. The molecule has 0 radical (unpaired) electrons. The van der Waals surface area contributed by atoms with Crippen molar-refractivity contribution in [3.8, 4) is 17.0 Å². The molecule has 0 aliphatic heterocycles. The van der Waals surface area contributed by atoms with Gasteiger partial charge in [-0.2, -0.15) is 0 Å². The van der Waals surface area contributed by atoms with E-state index in [-0.39, 0.29) is 34.1 Å². The zero-order valence-electron chi connectivity index (χ0n) is 15.9. The maximum absolute atomic E-state index is 14.5. The maximum Gasteiger partial charge on any atom is 0.269 e. The van der Waals surface area contributed by atoms with Crippen molar-refractivity contribution in [1.82, 2.24) is 15.6 Å². The monoisotopic (exact) mass is 391 g/mol. The fraction of sp³-hybridized carbons (Fsp3) is 0.263. The average molecular weight is 391 g/mol. The second-order valence-corrected chi connectivity index (χ2v) is 5.89. The van der Waals surface area contributed by atoms with Crippen LogP contribution in [-0.2, 0) is 4.79 Å². The van der Waals surface area contributed by atoms with E-state index in [1.165, 1.54) is 19.4 Å². The van der Waals surface area contributed by atoms with Crippen LogP contribution in [-0.4, -0.2) is 31.6 Å². The number of aromatic nitrogens is 1. The van der Waals surface area contributed by atoms with Crippen molar-refractivity contribution in [2.75, 3.05) is 26.4 Å². The van der Waals surface area contributed by atoms with Gasteiger partial charge in [-0.05, 0) is 24.6 Å². The van der Waals surface area contributed by atoms with E-state index in [9.17, 15) is 13.6 Å². The third-order valence-electron chi connectivity index (χ3n) is 4.05. The molecular formula is C19H23F2N5O2. The maximum atomic E-state index is 14.5. The van der Waals surface area contributed by atoms with Gasteiger partial charge in [0.25, 0.3) is 5.91 Å². The molecule has 0 bridgehead atoms. The first-order valence-electron chi connectivity index (χ1n) is 8.59. The van der Waals surface area contributed by atoms with Crippen LogP contribution in [0.2, 0.25) is 0 Å². The van der Waals surface area contributed by atoms with Crippen molar-refractivity contribution in [3.05, 3.63) is 47.3 Å². The number of carbonyl (C=O) groups is 1. The van der Waals surface area contributed by atoms with Crippen LogP contribution < -0.4 is 26.8 Å². The molecule has 1 aromatic heterocycles. The van der Waals surface area contributed by atoms with Crippen molar-refractivity contribution < 1.29 is 18.3 Å². The Morgan fingerprint density at radius 1 is 1.29 bits per heavy atom. The summed E-state index contributed by atoms with van der Waals surface area (Å²) in [5.41, 5.74) is 12.6. The summed E-state index contributed by atoms with van der Waals surface area (Å²) < 4.78 is 33.3. The Labute approximate surface area is 161 Å². The van der Waals surface area contributed by atoms with E-state index in [1.807, 2.05) is 6.92 Å². The number of hydrogen-bond donors (Lipinski definition) is 4. The van der Waals surface area contributed by atoms with Crippen LogP contribution in [0.25, 0.3) is 16.8 Å². The number of amides is 1. The Kier molecular flexibility index (Phi) is 6.75. The summed E-state index contributed by atoms with van der Waals surface area (Å²) in [5, 5.41) is 5.49. The predicted octanol–water partition coefficient (Wildman–Crippen LogP) is 1.99. The number of nitrogens with two attached hydrogens (primary N) is 2. The summed E-state index contributed by atoms with van der Waals surface area (Å²) >= 11 is 0. The first-order chi connectivity index (χ1) is 13.3. The van der Waals surface area contributed by atoms with Crippen LogP contribution in [0.1, 0.15) is 18.9 Å². The molecule has 2 rings (SSSR count). The summed E-state index contributed by atoms with van der Waals surface area (Å²) in [6, 6.07) is 3.63. The van der Waals surface area contributed by atoms with Gasteiger partial charge >= 0.3 is 0 Å². The van der Waals surface area contributed by atoms with E-state index in [0.717, 1.165) is 18.6 Å². The van der Waals surface area contributed by atoms with Crippen LogP contribution in [0.3, 0.4) is 0 Å². The van der Waals surface area contributed by atoms with Gasteiger partial charge in [-0.15, -0.1) is 0 Å². The lowest BCUT2D eigenvalue weighted by Gasteiger charge is -2.17. The van der Waals surface area contributed by atoms with E-state index in [4.69, 9.17) is 16.2 Å². The molecule has 2 aromatic rings. The molecule has 1 heterocycles. The van der Waals surface area contributed by atoms with E-state index in [2.05, 4.69) is 15.6 Å². The van der Waals surface area contributed by atoms with E-state index in [0.29, 0.717) is 12.1 Å². The highest BCUT2D eigenvalue weighted by Gasteiger charge is 2.20. The number of carbonyl (C=O) groups excluding carboxylic acids is 1. The van der Waals surface area contributed by atoms with Crippen LogP contribution in [0.15, 0.2) is 30.1 Å². The van der Waals surface area contributed by atoms with Crippen LogP contribution >= 0.6 is 0 Å². The molecule has 7 nitrogen and oxygen atoms in total. The molecule has 1 amide bonds. The van der Waals surface area contributed by atoms with Crippen LogP contribution in [0.4, 0.5) is 14.5 Å². The fourth-order valence-corrected chi connectivity index (χ4v) is 2.68. The third-order valence-corrected chi connectivity index (χ3v) is 4.05. The minimum Gasteiger partial charge on any atom is -0.479 e. The Morgan fingerprint density at radius 2 is 2.00 bits per heavy atom. The fourth-order valence-electron chi connectivity index (χ4n) is 2.68. The highest BCUT2D eigenvalue weighted by atomic mass is 19.1. The lowest BCUT2D eigenvalue weighted by atomic mass is 9.98. The summed E-state index contributed by atoms with van der Waals surface area (Å²) in [6.45, 7) is 2.36. The van der Waals surface area contributed by atoms with Crippen LogP contribution in [0, 0.1) is 11.6 Å². The molecule has 0 fully saturated rings. The minimum atomic E-state index is -0.757. The van der Waals surface area contributed by atoms with Gasteiger partial charge in [-0.3, -0.25) is 4.79 Å². The van der Waals surface area contributed by atoms with E-state index >= 15 is 0 Å². The number of pyridine rings is 1.